The third-order valence-corrected chi connectivity index (χ3v) is 6.67. The first-order chi connectivity index (χ1) is 15.2. The van der Waals surface area contributed by atoms with Gasteiger partial charge in [-0.1, -0.05) is 18.2 Å². The molecule has 0 N–H and O–H groups in total. The highest BCUT2D eigenvalue weighted by Gasteiger charge is 2.28. The molecule has 1 saturated heterocycles. The van der Waals surface area contributed by atoms with Crippen LogP contribution in [0.1, 0.15) is 45.4 Å². The summed E-state index contributed by atoms with van der Waals surface area (Å²) in [5, 5.41) is 3.12. The smallest absolute Gasteiger partial charge is 0.257 e. The zero-order chi connectivity index (χ0) is 21.2. The maximum atomic E-state index is 13.3. The number of aryl methyl sites for hydroxylation is 1. The molecule has 0 bridgehead atoms. The van der Waals surface area contributed by atoms with Crippen LogP contribution < -0.4 is 4.74 Å². The summed E-state index contributed by atoms with van der Waals surface area (Å²) >= 11 is 1.67. The Bertz CT molecular complexity index is 1200. The molecule has 31 heavy (non-hydrogen) atoms. The SMILES string of the molecule is Cc1cccn2cc(COc3ccccc3C(=O)N3CCCC(c4nccs4)C3)nc12. The summed E-state index contributed by atoms with van der Waals surface area (Å²) in [4.78, 5) is 24.4. The third-order valence-electron chi connectivity index (χ3n) is 5.73. The van der Waals surface area contributed by atoms with Crippen LogP contribution in [0.2, 0.25) is 0 Å². The number of amides is 1. The van der Waals surface area contributed by atoms with Crippen LogP contribution in [-0.4, -0.2) is 38.3 Å². The first kappa shape index (κ1) is 19.8. The van der Waals surface area contributed by atoms with Crippen LogP contribution in [0, 0.1) is 6.92 Å². The quantitative estimate of drug-likeness (QED) is 0.459. The highest BCUT2D eigenvalue weighted by Crippen LogP contribution is 2.30. The minimum absolute atomic E-state index is 0.0164. The summed E-state index contributed by atoms with van der Waals surface area (Å²) in [6.45, 7) is 3.82. The summed E-state index contributed by atoms with van der Waals surface area (Å²) in [5.41, 5.74) is 3.47. The molecule has 4 heterocycles. The van der Waals surface area contributed by atoms with Crippen LogP contribution >= 0.6 is 11.3 Å². The second-order valence-corrected chi connectivity index (χ2v) is 8.83. The van der Waals surface area contributed by atoms with E-state index in [1.54, 1.807) is 11.3 Å². The minimum atomic E-state index is 0.0164. The topological polar surface area (TPSA) is 59.7 Å². The van der Waals surface area contributed by atoms with Crippen molar-refractivity contribution in [1.29, 1.82) is 0 Å². The van der Waals surface area contributed by atoms with E-state index in [4.69, 9.17) is 4.74 Å². The zero-order valence-corrected chi connectivity index (χ0v) is 18.2. The second kappa shape index (κ2) is 8.51. The average Bonchev–Trinajstić information content (AvgIpc) is 3.48. The molecule has 1 atom stereocenters. The summed E-state index contributed by atoms with van der Waals surface area (Å²) in [6, 6.07) is 11.5. The number of pyridine rings is 1. The molecular weight excluding hydrogens is 408 g/mol. The van der Waals surface area contributed by atoms with Crippen molar-refractivity contribution in [2.45, 2.75) is 32.3 Å². The number of hydrogen-bond donors (Lipinski definition) is 0. The Morgan fingerprint density at radius 1 is 1.26 bits per heavy atom. The highest BCUT2D eigenvalue weighted by atomic mass is 32.1. The molecule has 1 fully saturated rings. The molecule has 5 rings (SSSR count). The van der Waals surface area contributed by atoms with Gasteiger partial charge >= 0.3 is 0 Å². The van der Waals surface area contributed by atoms with Gasteiger partial charge in [-0.15, -0.1) is 11.3 Å². The number of para-hydroxylation sites is 1. The van der Waals surface area contributed by atoms with E-state index in [-0.39, 0.29) is 5.91 Å². The lowest BCUT2D eigenvalue weighted by Crippen LogP contribution is -2.39. The van der Waals surface area contributed by atoms with E-state index in [9.17, 15) is 4.79 Å². The standard InChI is InChI=1S/C24H24N4O2S/c1-17-6-4-11-27-15-19(26-22(17)27)16-30-21-9-3-2-8-20(21)24(29)28-12-5-7-18(14-28)23-25-10-13-31-23/h2-4,6,8-11,13,15,18H,5,7,12,14,16H2,1H3. The molecule has 1 aliphatic heterocycles. The van der Waals surface area contributed by atoms with E-state index in [1.807, 2.05) is 76.6 Å². The van der Waals surface area contributed by atoms with Gasteiger partial charge in [-0.2, -0.15) is 0 Å². The number of ether oxygens (including phenoxy) is 1. The highest BCUT2D eigenvalue weighted by molar-refractivity contribution is 7.09. The predicted molar refractivity (Wildman–Crippen MR) is 121 cm³/mol. The number of benzene rings is 1. The summed E-state index contributed by atoms with van der Waals surface area (Å²) in [5.74, 6) is 0.923. The number of thiazole rings is 1. The van der Waals surface area contributed by atoms with Crippen molar-refractivity contribution in [3.63, 3.8) is 0 Å². The normalized spacial score (nSPS) is 16.5. The fraction of sp³-hybridized carbons (Fsp3) is 0.292. The van der Waals surface area contributed by atoms with Crippen molar-refractivity contribution in [2.75, 3.05) is 13.1 Å². The van der Waals surface area contributed by atoms with Crippen molar-refractivity contribution >= 4 is 22.9 Å². The molecule has 1 unspecified atom stereocenters. The number of aromatic nitrogens is 3. The predicted octanol–water partition coefficient (Wildman–Crippen LogP) is 4.70. The van der Waals surface area contributed by atoms with E-state index in [0.29, 0.717) is 30.4 Å². The number of rotatable bonds is 5. The van der Waals surface area contributed by atoms with Crippen LogP contribution in [0.4, 0.5) is 0 Å². The van der Waals surface area contributed by atoms with Crippen LogP contribution in [-0.2, 0) is 6.61 Å². The Kier molecular flexibility index (Phi) is 5.42. The summed E-state index contributed by atoms with van der Waals surface area (Å²) in [6.07, 6.45) is 7.84. The third kappa shape index (κ3) is 4.05. The van der Waals surface area contributed by atoms with E-state index in [1.165, 1.54) is 0 Å². The van der Waals surface area contributed by atoms with Crippen molar-refractivity contribution in [1.82, 2.24) is 19.3 Å². The van der Waals surface area contributed by atoms with Gasteiger partial charge in [0.15, 0.2) is 0 Å². The molecule has 0 spiro atoms. The number of imidazole rings is 1. The summed E-state index contributed by atoms with van der Waals surface area (Å²) in [7, 11) is 0. The molecule has 3 aromatic heterocycles. The minimum Gasteiger partial charge on any atom is -0.486 e. The number of fused-ring (bicyclic) bond motifs is 1. The van der Waals surface area contributed by atoms with Crippen LogP contribution in [0.5, 0.6) is 5.75 Å². The Balaban J connectivity index is 1.32. The number of carbonyl (C=O) groups is 1. The number of likely N-dealkylation sites (tertiary alicyclic amines) is 1. The Labute approximate surface area is 185 Å². The molecule has 1 aromatic carbocycles. The molecule has 0 saturated carbocycles. The lowest BCUT2D eigenvalue weighted by Gasteiger charge is -2.32. The first-order valence-electron chi connectivity index (χ1n) is 10.5. The van der Waals surface area contributed by atoms with E-state index in [0.717, 1.165) is 41.3 Å². The maximum absolute atomic E-state index is 13.3. The second-order valence-electron chi connectivity index (χ2n) is 7.90. The fourth-order valence-electron chi connectivity index (χ4n) is 4.16. The van der Waals surface area contributed by atoms with Crippen LogP contribution in [0.25, 0.3) is 5.65 Å². The molecule has 7 heteroatoms. The maximum Gasteiger partial charge on any atom is 0.257 e. The van der Waals surface area contributed by atoms with E-state index < -0.39 is 0 Å². The van der Waals surface area contributed by atoms with Gasteiger partial charge in [-0.05, 0) is 43.5 Å². The zero-order valence-electron chi connectivity index (χ0n) is 17.4. The lowest BCUT2D eigenvalue weighted by atomic mass is 9.98. The number of hydrogen-bond acceptors (Lipinski definition) is 5. The molecule has 158 valence electrons. The van der Waals surface area contributed by atoms with Gasteiger partial charge in [0.1, 0.15) is 18.0 Å². The van der Waals surface area contributed by atoms with Gasteiger partial charge in [0, 0.05) is 43.0 Å². The number of nitrogens with zero attached hydrogens (tertiary/aromatic N) is 4. The molecule has 1 amide bonds. The Hall–Kier alpha value is -3.19. The molecule has 0 aliphatic carbocycles. The first-order valence-corrected chi connectivity index (χ1v) is 11.4. The van der Waals surface area contributed by atoms with Crippen molar-refractivity contribution in [3.8, 4) is 5.75 Å². The van der Waals surface area contributed by atoms with Crippen LogP contribution in [0.15, 0.2) is 60.4 Å². The Morgan fingerprint density at radius 2 is 2.16 bits per heavy atom. The van der Waals surface area contributed by atoms with Crippen LogP contribution in [0.3, 0.4) is 0 Å². The Morgan fingerprint density at radius 3 is 3.00 bits per heavy atom. The monoisotopic (exact) mass is 432 g/mol. The van der Waals surface area contributed by atoms with Gasteiger partial charge in [-0.25, -0.2) is 9.97 Å². The van der Waals surface area contributed by atoms with Crippen molar-refractivity contribution in [3.05, 3.63) is 82.2 Å². The van der Waals surface area contributed by atoms with Gasteiger partial charge in [0.25, 0.3) is 5.91 Å². The summed E-state index contributed by atoms with van der Waals surface area (Å²) < 4.78 is 8.07. The van der Waals surface area contributed by atoms with Gasteiger partial charge in [-0.3, -0.25) is 4.79 Å². The molecule has 4 aromatic rings. The lowest BCUT2D eigenvalue weighted by molar-refractivity contribution is 0.0702. The fourth-order valence-corrected chi connectivity index (χ4v) is 4.93. The molecule has 6 nitrogen and oxygen atoms in total. The molecule has 0 radical (unpaired) electrons. The number of piperidine rings is 1. The van der Waals surface area contributed by atoms with Gasteiger partial charge in [0.05, 0.1) is 16.3 Å². The average molecular weight is 433 g/mol. The van der Waals surface area contributed by atoms with E-state index >= 15 is 0 Å². The van der Waals surface area contributed by atoms with Gasteiger partial charge in [0.2, 0.25) is 0 Å². The van der Waals surface area contributed by atoms with Crippen molar-refractivity contribution < 1.29 is 9.53 Å². The van der Waals surface area contributed by atoms with Gasteiger partial charge < -0.3 is 14.0 Å². The largest absolute Gasteiger partial charge is 0.486 e. The molecule has 1 aliphatic rings. The number of carbonyl (C=O) groups excluding carboxylic acids is 1. The van der Waals surface area contributed by atoms with E-state index in [2.05, 4.69) is 9.97 Å². The van der Waals surface area contributed by atoms with Crippen molar-refractivity contribution in [2.24, 2.45) is 0 Å². The molecular formula is C24H24N4O2S.